The summed E-state index contributed by atoms with van der Waals surface area (Å²) in [5, 5.41) is 9.08. The summed E-state index contributed by atoms with van der Waals surface area (Å²) in [5.41, 5.74) is 2.38. The molecular formula is C18H17NO4. The quantitative estimate of drug-likeness (QED) is 0.944. The Balaban J connectivity index is 1.90. The average molecular weight is 311 g/mol. The van der Waals surface area contributed by atoms with Gasteiger partial charge >= 0.3 is 5.97 Å². The van der Waals surface area contributed by atoms with Crippen LogP contribution < -0.4 is 0 Å². The van der Waals surface area contributed by atoms with E-state index >= 15 is 0 Å². The molecule has 118 valence electrons. The van der Waals surface area contributed by atoms with Crippen molar-refractivity contribution < 1.29 is 19.4 Å². The number of rotatable bonds is 3. The van der Waals surface area contributed by atoms with E-state index in [1.165, 1.54) is 0 Å². The third-order valence-corrected chi connectivity index (χ3v) is 3.87. The van der Waals surface area contributed by atoms with Crippen LogP contribution in [0.1, 0.15) is 10.4 Å². The Morgan fingerprint density at radius 2 is 1.74 bits per heavy atom. The Labute approximate surface area is 134 Å². The first-order valence-corrected chi connectivity index (χ1v) is 7.45. The van der Waals surface area contributed by atoms with Gasteiger partial charge in [0.1, 0.15) is 0 Å². The minimum absolute atomic E-state index is 0.0668. The van der Waals surface area contributed by atoms with Gasteiger partial charge in [0.2, 0.25) is 0 Å². The van der Waals surface area contributed by atoms with Crippen LogP contribution in [0.3, 0.4) is 0 Å². The number of aliphatic carboxylic acids is 1. The predicted octanol–water partition coefficient (Wildman–Crippen LogP) is 2.28. The smallest absolute Gasteiger partial charge is 0.334 e. The van der Waals surface area contributed by atoms with Crippen LogP contribution >= 0.6 is 0 Å². The Bertz CT molecular complexity index is 714. The fraction of sp³-hybridized carbons (Fsp3) is 0.222. The standard InChI is InChI=1S/C18H17NO4/c20-17(19-10-11-23-16(12-19)18(21)22)15-9-5-4-8-14(15)13-6-2-1-3-7-13/h1-9,16H,10-12H2,(H,21,22)/t16-/m1/s1. The monoisotopic (exact) mass is 311 g/mol. The Morgan fingerprint density at radius 3 is 2.48 bits per heavy atom. The fourth-order valence-corrected chi connectivity index (χ4v) is 2.69. The van der Waals surface area contributed by atoms with Gasteiger partial charge in [-0.3, -0.25) is 4.79 Å². The largest absolute Gasteiger partial charge is 0.479 e. The van der Waals surface area contributed by atoms with Crippen molar-refractivity contribution in [3.05, 3.63) is 60.2 Å². The minimum atomic E-state index is -1.04. The highest BCUT2D eigenvalue weighted by Crippen LogP contribution is 2.25. The lowest BCUT2D eigenvalue weighted by Gasteiger charge is -2.31. The molecule has 5 heteroatoms. The molecule has 1 atom stereocenters. The molecule has 5 nitrogen and oxygen atoms in total. The first-order chi connectivity index (χ1) is 11.2. The maximum Gasteiger partial charge on any atom is 0.334 e. The molecule has 0 saturated carbocycles. The van der Waals surface area contributed by atoms with Crippen molar-refractivity contribution in [2.75, 3.05) is 19.7 Å². The van der Waals surface area contributed by atoms with Crippen molar-refractivity contribution in [2.24, 2.45) is 0 Å². The highest BCUT2D eigenvalue weighted by molar-refractivity contribution is 6.01. The Morgan fingerprint density at radius 1 is 1.04 bits per heavy atom. The molecule has 1 aliphatic heterocycles. The van der Waals surface area contributed by atoms with Crippen LogP contribution in [0.25, 0.3) is 11.1 Å². The number of hydrogen-bond donors (Lipinski definition) is 1. The van der Waals surface area contributed by atoms with E-state index in [1.807, 2.05) is 48.5 Å². The molecule has 0 radical (unpaired) electrons. The second-order valence-corrected chi connectivity index (χ2v) is 5.36. The molecule has 1 amide bonds. The average Bonchev–Trinajstić information content (AvgIpc) is 2.62. The summed E-state index contributed by atoms with van der Waals surface area (Å²) in [6, 6.07) is 17.0. The van der Waals surface area contributed by atoms with E-state index in [2.05, 4.69) is 0 Å². The molecule has 0 spiro atoms. The van der Waals surface area contributed by atoms with Gasteiger partial charge in [-0.1, -0.05) is 48.5 Å². The number of carbonyl (C=O) groups excluding carboxylic acids is 1. The molecule has 2 aromatic carbocycles. The molecule has 3 rings (SSSR count). The zero-order chi connectivity index (χ0) is 16.2. The molecule has 0 aromatic heterocycles. The molecule has 1 N–H and O–H groups in total. The molecule has 2 aromatic rings. The van der Waals surface area contributed by atoms with Crippen LogP contribution in [-0.4, -0.2) is 47.7 Å². The third-order valence-electron chi connectivity index (χ3n) is 3.87. The zero-order valence-corrected chi connectivity index (χ0v) is 12.5. The summed E-state index contributed by atoms with van der Waals surface area (Å²) in [4.78, 5) is 25.5. The maximum atomic E-state index is 12.8. The Kier molecular flexibility index (Phi) is 4.39. The van der Waals surface area contributed by atoms with Crippen molar-refractivity contribution in [3.63, 3.8) is 0 Å². The zero-order valence-electron chi connectivity index (χ0n) is 12.5. The van der Waals surface area contributed by atoms with Crippen molar-refractivity contribution in [3.8, 4) is 11.1 Å². The van der Waals surface area contributed by atoms with Crippen molar-refractivity contribution in [1.82, 2.24) is 4.90 Å². The second-order valence-electron chi connectivity index (χ2n) is 5.36. The van der Waals surface area contributed by atoms with Crippen molar-refractivity contribution in [1.29, 1.82) is 0 Å². The van der Waals surface area contributed by atoms with Gasteiger partial charge in [-0.25, -0.2) is 4.79 Å². The summed E-state index contributed by atoms with van der Waals surface area (Å²) < 4.78 is 5.18. The number of ether oxygens (including phenoxy) is 1. The van der Waals surface area contributed by atoms with E-state index in [0.29, 0.717) is 12.1 Å². The highest BCUT2D eigenvalue weighted by Gasteiger charge is 2.30. The van der Waals surface area contributed by atoms with E-state index in [0.717, 1.165) is 11.1 Å². The molecule has 0 bridgehead atoms. The van der Waals surface area contributed by atoms with Gasteiger partial charge in [0, 0.05) is 12.1 Å². The fourth-order valence-electron chi connectivity index (χ4n) is 2.69. The van der Waals surface area contributed by atoms with Crippen LogP contribution in [0.5, 0.6) is 0 Å². The molecule has 1 aliphatic rings. The van der Waals surface area contributed by atoms with Gasteiger partial charge in [0.25, 0.3) is 5.91 Å². The summed E-state index contributed by atoms with van der Waals surface area (Å²) in [7, 11) is 0. The molecule has 0 unspecified atom stereocenters. The molecular weight excluding hydrogens is 294 g/mol. The van der Waals surface area contributed by atoms with E-state index in [4.69, 9.17) is 9.84 Å². The summed E-state index contributed by atoms with van der Waals surface area (Å²) in [6.45, 7) is 0.694. The second kappa shape index (κ2) is 6.62. The predicted molar refractivity (Wildman–Crippen MR) is 85.2 cm³/mol. The molecule has 0 aliphatic carbocycles. The lowest BCUT2D eigenvalue weighted by molar-refractivity contribution is -0.154. The molecule has 1 saturated heterocycles. The van der Waals surface area contributed by atoms with Gasteiger partial charge in [0.05, 0.1) is 13.2 Å². The number of carbonyl (C=O) groups is 2. The van der Waals surface area contributed by atoms with Gasteiger partial charge in [-0.05, 0) is 17.2 Å². The molecule has 23 heavy (non-hydrogen) atoms. The van der Waals surface area contributed by atoms with Crippen LogP contribution in [0, 0.1) is 0 Å². The summed E-state index contributed by atoms with van der Waals surface area (Å²) in [5.74, 6) is -1.21. The number of morpholine rings is 1. The van der Waals surface area contributed by atoms with Crippen molar-refractivity contribution in [2.45, 2.75) is 6.10 Å². The van der Waals surface area contributed by atoms with Crippen LogP contribution in [-0.2, 0) is 9.53 Å². The highest BCUT2D eigenvalue weighted by atomic mass is 16.5. The van der Waals surface area contributed by atoms with E-state index in [9.17, 15) is 9.59 Å². The SMILES string of the molecule is O=C(O)[C@H]1CN(C(=O)c2ccccc2-c2ccccc2)CCO1. The third kappa shape index (κ3) is 3.24. The maximum absolute atomic E-state index is 12.8. The number of amides is 1. The van der Waals surface area contributed by atoms with Gasteiger partial charge in [0.15, 0.2) is 6.10 Å². The van der Waals surface area contributed by atoms with Gasteiger partial charge in [-0.2, -0.15) is 0 Å². The van der Waals surface area contributed by atoms with Crippen molar-refractivity contribution >= 4 is 11.9 Å². The summed E-state index contributed by atoms with van der Waals surface area (Å²) >= 11 is 0. The van der Waals surface area contributed by atoms with E-state index in [1.54, 1.807) is 11.0 Å². The first kappa shape index (κ1) is 15.2. The van der Waals surface area contributed by atoms with E-state index in [-0.39, 0.29) is 19.1 Å². The van der Waals surface area contributed by atoms with Gasteiger partial charge < -0.3 is 14.7 Å². The van der Waals surface area contributed by atoms with Crippen LogP contribution in [0.2, 0.25) is 0 Å². The lowest BCUT2D eigenvalue weighted by atomic mass is 9.98. The van der Waals surface area contributed by atoms with Crippen LogP contribution in [0.15, 0.2) is 54.6 Å². The minimum Gasteiger partial charge on any atom is -0.479 e. The van der Waals surface area contributed by atoms with E-state index < -0.39 is 12.1 Å². The number of carboxylic acids is 1. The lowest BCUT2D eigenvalue weighted by Crippen LogP contribution is -2.48. The number of carboxylic acid groups (broad SMARTS) is 1. The molecule has 1 heterocycles. The van der Waals surface area contributed by atoms with Crippen LogP contribution in [0.4, 0.5) is 0 Å². The number of hydrogen-bond acceptors (Lipinski definition) is 3. The topological polar surface area (TPSA) is 66.8 Å². The first-order valence-electron chi connectivity index (χ1n) is 7.45. The molecule has 1 fully saturated rings. The number of benzene rings is 2. The Hall–Kier alpha value is -2.66. The van der Waals surface area contributed by atoms with Gasteiger partial charge in [-0.15, -0.1) is 0 Å². The number of nitrogens with zero attached hydrogens (tertiary/aromatic N) is 1. The summed E-state index contributed by atoms with van der Waals surface area (Å²) in [6.07, 6.45) is -0.961. The normalized spacial score (nSPS) is 17.7.